The predicted molar refractivity (Wildman–Crippen MR) is 146 cm³/mol. The first-order chi connectivity index (χ1) is 18.3. The van der Waals surface area contributed by atoms with E-state index in [1.807, 2.05) is 49.4 Å². The molecule has 1 heterocycles. The number of rotatable bonds is 11. The van der Waals surface area contributed by atoms with Crippen LogP contribution in [0.5, 0.6) is 5.75 Å². The maximum atomic E-state index is 12.7. The van der Waals surface area contributed by atoms with Crippen LogP contribution in [0.1, 0.15) is 39.4 Å². The lowest BCUT2D eigenvalue weighted by Crippen LogP contribution is -2.23. The Kier molecular flexibility index (Phi) is 9.05. The van der Waals surface area contributed by atoms with Crippen LogP contribution in [0, 0.1) is 6.92 Å². The Hall–Kier alpha value is -3.81. The van der Waals surface area contributed by atoms with Gasteiger partial charge in [0, 0.05) is 40.6 Å². The lowest BCUT2D eigenvalue weighted by atomic mass is 10.0. The number of ether oxygens (including phenoxy) is 1. The smallest absolute Gasteiger partial charge is 0.303 e. The highest BCUT2D eigenvalue weighted by Crippen LogP contribution is 2.24. The monoisotopic (exact) mass is 552 g/mol. The molecule has 0 radical (unpaired) electrons. The summed E-state index contributed by atoms with van der Waals surface area (Å²) in [6.07, 6.45) is 0.842. The van der Waals surface area contributed by atoms with Crippen LogP contribution in [0.15, 0.2) is 71.1 Å². The number of amides is 1. The molecule has 4 aromatic rings. The van der Waals surface area contributed by atoms with E-state index in [2.05, 4.69) is 10.3 Å². The fourth-order valence-electron chi connectivity index (χ4n) is 3.93. The standard InChI is InChI=1S/C29H26Cl2N2O5/c1-18-26(33-29(38-18)20-5-3-2-4-6-20)11-12-37-25-9-7-19(8-10-27(34)35)22(15-25)17-32-28(36)21-13-23(30)16-24(31)14-21/h2-7,9,13-16H,8,10-12,17H2,1H3,(H,32,36)(H,34,35). The Morgan fingerprint density at radius 2 is 1.71 bits per heavy atom. The number of aliphatic carboxylic acids is 1. The Morgan fingerprint density at radius 3 is 2.42 bits per heavy atom. The van der Waals surface area contributed by atoms with Crippen molar-refractivity contribution in [1.82, 2.24) is 10.3 Å². The van der Waals surface area contributed by atoms with Crippen molar-refractivity contribution in [2.24, 2.45) is 0 Å². The van der Waals surface area contributed by atoms with Crippen molar-refractivity contribution in [3.8, 4) is 17.2 Å². The molecule has 3 aromatic carbocycles. The van der Waals surface area contributed by atoms with E-state index in [1.165, 1.54) is 12.1 Å². The summed E-state index contributed by atoms with van der Waals surface area (Å²) in [4.78, 5) is 28.4. The molecule has 0 aliphatic heterocycles. The van der Waals surface area contributed by atoms with Crippen molar-refractivity contribution in [3.05, 3.63) is 105 Å². The summed E-state index contributed by atoms with van der Waals surface area (Å²) in [6.45, 7) is 2.42. The van der Waals surface area contributed by atoms with Crippen molar-refractivity contribution < 1.29 is 23.8 Å². The fraction of sp³-hybridized carbons (Fsp3) is 0.207. The van der Waals surface area contributed by atoms with E-state index in [-0.39, 0.29) is 18.9 Å². The summed E-state index contributed by atoms with van der Waals surface area (Å²) >= 11 is 12.0. The summed E-state index contributed by atoms with van der Waals surface area (Å²) in [6, 6.07) is 19.7. The van der Waals surface area contributed by atoms with Crippen LogP contribution >= 0.6 is 23.2 Å². The van der Waals surface area contributed by atoms with Gasteiger partial charge in [0.15, 0.2) is 0 Å². The summed E-state index contributed by atoms with van der Waals surface area (Å²) in [5, 5.41) is 12.7. The van der Waals surface area contributed by atoms with Crippen LogP contribution in [0.3, 0.4) is 0 Å². The van der Waals surface area contributed by atoms with Crippen molar-refractivity contribution >= 4 is 35.1 Å². The highest BCUT2D eigenvalue weighted by atomic mass is 35.5. The molecule has 0 aliphatic carbocycles. The van der Waals surface area contributed by atoms with Crippen LogP contribution in [0.25, 0.3) is 11.5 Å². The number of carboxylic acid groups (broad SMARTS) is 1. The Balaban J connectivity index is 1.43. The van der Waals surface area contributed by atoms with E-state index in [0.29, 0.717) is 46.7 Å². The highest BCUT2D eigenvalue weighted by Gasteiger charge is 2.14. The second-order valence-corrected chi connectivity index (χ2v) is 9.52. The molecule has 0 aliphatic rings. The second kappa shape index (κ2) is 12.6. The van der Waals surface area contributed by atoms with Gasteiger partial charge in [-0.05, 0) is 66.9 Å². The summed E-state index contributed by atoms with van der Waals surface area (Å²) in [5.74, 6) is 0.664. The van der Waals surface area contributed by atoms with Gasteiger partial charge in [0.25, 0.3) is 5.91 Å². The third kappa shape index (κ3) is 7.37. The van der Waals surface area contributed by atoms with Crippen LogP contribution in [-0.4, -0.2) is 28.6 Å². The third-order valence-corrected chi connectivity index (χ3v) is 6.31. The first kappa shape index (κ1) is 27.2. The quantitative estimate of drug-likeness (QED) is 0.219. The molecule has 1 amide bonds. The third-order valence-electron chi connectivity index (χ3n) is 5.87. The molecule has 0 fully saturated rings. The van der Waals surface area contributed by atoms with Gasteiger partial charge in [-0.3, -0.25) is 9.59 Å². The average Bonchev–Trinajstić information content (AvgIpc) is 3.26. The molecule has 4 rings (SSSR count). The predicted octanol–water partition coefficient (Wildman–Crippen LogP) is 6.53. The number of carbonyl (C=O) groups is 2. The molecule has 0 saturated carbocycles. The van der Waals surface area contributed by atoms with Gasteiger partial charge in [-0.1, -0.05) is 47.5 Å². The fourth-order valence-corrected chi connectivity index (χ4v) is 4.46. The van der Waals surface area contributed by atoms with E-state index < -0.39 is 5.97 Å². The Labute approximate surface area is 230 Å². The van der Waals surface area contributed by atoms with E-state index in [4.69, 9.17) is 37.5 Å². The molecule has 2 N–H and O–H groups in total. The van der Waals surface area contributed by atoms with Gasteiger partial charge in [0.05, 0.1) is 12.3 Å². The number of carbonyl (C=O) groups excluding carboxylic acids is 1. The first-order valence-corrected chi connectivity index (χ1v) is 12.8. The molecule has 7 nitrogen and oxygen atoms in total. The number of hydrogen-bond donors (Lipinski definition) is 2. The molecule has 1 aromatic heterocycles. The van der Waals surface area contributed by atoms with Crippen LogP contribution in [0.4, 0.5) is 0 Å². The van der Waals surface area contributed by atoms with E-state index in [1.54, 1.807) is 12.1 Å². The molecular weight excluding hydrogens is 527 g/mol. The van der Waals surface area contributed by atoms with Crippen LogP contribution < -0.4 is 10.1 Å². The average molecular weight is 553 g/mol. The zero-order chi connectivity index (χ0) is 27.1. The lowest BCUT2D eigenvalue weighted by Gasteiger charge is -2.14. The highest BCUT2D eigenvalue weighted by molar-refractivity contribution is 6.35. The van der Waals surface area contributed by atoms with Crippen molar-refractivity contribution in [3.63, 3.8) is 0 Å². The van der Waals surface area contributed by atoms with E-state index >= 15 is 0 Å². The van der Waals surface area contributed by atoms with Gasteiger partial charge < -0.3 is 19.6 Å². The van der Waals surface area contributed by atoms with Gasteiger partial charge in [0.2, 0.25) is 5.89 Å². The van der Waals surface area contributed by atoms with Crippen LogP contribution in [-0.2, 0) is 24.2 Å². The first-order valence-electron chi connectivity index (χ1n) is 12.0. The number of hydrogen-bond acceptors (Lipinski definition) is 5. The van der Waals surface area contributed by atoms with Crippen molar-refractivity contribution in [2.45, 2.75) is 32.7 Å². The topological polar surface area (TPSA) is 102 Å². The molecule has 38 heavy (non-hydrogen) atoms. The largest absolute Gasteiger partial charge is 0.493 e. The number of aromatic nitrogens is 1. The SMILES string of the molecule is Cc1oc(-c2ccccc2)nc1CCOc1ccc(CCC(=O)O)c(CNC(=O)c2cc(Cl)cc(Cl)c2)c1. The molecular formula is C29H26Cl2N2O5. The van der Waals surface area contributed by atoms with Gasteiger partial charge in [-0.15, -0.1) is 0 Å². The number of nitrogens with one attached hydrogen (secondary N) is 1. The lowest BCUT2D eigenvalue weighted by molar-refractivity contribution is -0.136. The van der Waals surface area contributed by atoms with Crippen molar-refractivity contribution in [1.29, 1.82) is 0 Å². The van der Waals surface area contributed by atoms with Gasteiger partial charge in [0.1, 0.15) is 11.5 Å². The minimum Gasteiger partial charge on any atom is -0.493 e. The van der Waals surface area contributed by atoms with E-state index in [0.717, 1.165) is 28.1 Å². The van der Waals surface area contributed by atoms with Crippen molar-refractivity contribution in [2.75, 3.05) is 6.61 Å². The zero-order valence-corrected chi connectivity index (χ0v) is 22.2. The summed E-state index contributed by atoms with van der Waals surface area (Å²) < 4.78 is 11.8. The molecule has 0 bridgehead atoms. The number of nitrogens with zero attached hydrogens (tertiary/aromatic N) is 1. The van der Waals surface area contributed by atoms with E-state index in [9.17, 15) is 9.59 Å². The maximum absolute atomic E-state index is 12.7. The Morgan fingerprint density at radius 1 is 0.974 bits per heavy atom. The minimum atomic E-state index is -0.897. The number of oxazole rings is 1. The molecule has 0 atom stereocenters. The van der Waals surface area contributed by atoms with Gasteiger partial charge in [-0.25, -0.2) is 4.98 Å². The summed E-state index contributed by atoms with van der Waals surface area (Å²) in [5.41, 5.74) is 3.62. The van der Waals surface area contributed by atoms with Crippen LogP contribution in [0.2, 0.25) is 10.0 Å². The normalized spacial score (nSPS) is 10.8. The summed E-state index contributed by atoms with van der Waals surface area (Å²) in [7, 11) is 0. The van der Waals surface area contributed by atoms with Gasteiger partial charge >= 0.3 is 5.97 Å². The minimum absolute atomic E-state index is 0.0275. The Bertz CT molecular complexity index is 1420. The molecule has 0 saturated heterocycles. The number of carboxylic acids is 1. The maximum Gasteiger partial charge on any atom is 0.303 e. The molecule has 196 valence electrons. The van der Waals surface area contributed by atoms with Gasteiger partial charge in [-0.2, -0.15) is 0 Å². The second-order valence-electron chi connectivity index (χ2n) is 8.65. The molecule has 9 heteroatoms. The number of halogens is 2. The number of aryl methyl sites for hydroxylation is 2. The number of benzene rings is 3. The zero-order valence-electron chi connectivity index (χ0n) is 20.7. The molecule has 0 spiro atoms. The molecule has 0 unspecified atom stereocenters.